The van der Waals surface area contributed by atoms with E-state index in [0.29, 0.717) is 0 Å². The van der Waals surface area contributed by atoms with Crippen molar-refractivity contribution in [1.29, 1.82) is 0 Å². The second-order valence-electron chi connectivity index (χ2n) is 0.457. The number of hydrogen-bond acceptors (Lipinski definition) is 3. The minimum absolute atomic E-state index is 0.931. The van der Waals surface area contributed by atoms with E-state index in [0.717, 1.165) is 7.27 Å². The summed E-state index contributed by atoms with van der Waals surface area (Å²) in [5, 5.41) is 10.0. The molecule has 0 saturated carbocycles. The van der Waals surface area contributed by atoms with Crippen LogP contribution in [0.15, 0.2) is 5.06 Å². The van der Waals surface area contributed by atoms with E-state index in [1.54, 1.807) is 0 Å². The summed E-state index contributed by atoms with van der Waals surface area (Å²) in [4.78, 5) is 0. The Hall–Kier alpha value is -0.535. The topological polar surface area (TPSA) is 41.8 Å². The van der Waals surface area contributed by atoms with E-state index in [4.69, 9.17) is 5.21 Å². The van der Waals surface area contributed by atoms with Gasteiger partial charge in [-0.1, -0.05) is 0 Å². The summed E-state index contributed by atoms with van der Waals surface area (Å²) >= 11 is 0. The van der Waals surface area contributed by atoms with Crippen LogP contribution in [0.5, 0.6) is 0 Å². The van der Waals surface area contributed by atoms with Crippen molar-refractivity contribution in [2.45, 2.75) is 0 Å². The first-order valence-electron chi connectivity index (χ1n) is 1.10. The number of hydrogen-bond donors (Lipinski definition) is 1. The molecular weight excluding hydrogens is 68.8 g/mol. The second-order valence-corrected chi connectivity index (χ2v) is 0.457. The van der Waals surface area contributed by atoms with Crippen LogP contribution >= 0.6 is 0 Å². The molecule has 3 nitrogen and oxygen atoms in total. The Labute approximate surface area is 30.5 Å². The van der Waals surface area contributed by atoms with Gasteiger partial charge >= 0.3 is 29.3 Å². The van der Waals surface area contributed by atoms with Crippen molar-refractivity contribution in [2.24, 2.45) is 5.06 Å². The maximum absolute atomic E-state index is 7.51. The van der Waals surface area contributed by atoms with Crippen LogP contribution in [0.2, 0.25) is 0 Å². The van der Waals surface area contributed by atoms with Gasteiger partial charge in [-0.3, -0.25) is 0 Å². The molecule has 0 aromatic carbocycles. The Morgan fingerprint density at radius 3 is 2.60 bits per heavy atom. The summed E-state index contributed by atoms with van der Waals surface area (Å²) in [6.07, 6.45) is 0. The molecule has 0 saturated heterocycles. The van der Waals surface area contributed by atoms with Crippen molar-refractivity contribution in [3.05, 3.63) is 0 Å². The SMILES string of the molecule is COB=NO. The quantitative estimate of drug-likeness (QED) is 0.345. The van der Waals surface area contributed by atoms with Crippen LogP contribution < -0.4 is 0 Å². The molecule has 0 spiro atoms. The summed E-state index contributed by atoms with van der Waals surface area (Å²) in [5.41, 5.74) is 0. The Morgan fingerprint density at radius 2 is 2.60 bits per heavy atom. The molecule has 0 radical (unpaired) electrons. The van der Waals surface area contributed by atoms with Crippen LogP contribution in [0.25, 0.3) is 0 Å². The van der Waals surface area contributed by atoms with E-state index in [-0.39, 0.29) is 0 Å². The van der Waals surface area contributed by atoms with Crippen molar-refractivity contribution < 1.29 is 9.86 Å². The van der Waals surface area contributed by atoms with E-state index in [1.807, 2.05) is 0 Å². The molecule has 5 heavy (non-hydrogen) atoms. The standard InChI is InChI=1S/CH4BNO2/c1-5-2-3-4/h4H,1H3. The van der Waals surface area contributed by atoms with Crippen molar-refractivity contribution in [3.63, 3.8) is 0 Å². The fourth-order valence-corrected chi connectivity index (χ4v) is 0.0471. The van der Waals surface area contributed by atoms with Gasteiger partial charge in [-0.25, -0.2) is 0 Å². The fraction of sp³-hybridized carbons (Fsp3) is 1.00. The van der Waals surface area contributed by atoms with E-state index in [9.17, 15) is 0 Å². The van der Waals surface area contributed by atoms with Crippen LogP contribution in [-0.4, -0.2) is 19.6 Å². The van der Waals surface area contributed by atoms with Crippen molar-refractivity contribution in [2.75, 3.05) is 7.11 Å². The van der Waals surface area contributed by atoms with Crippen LogP contribution in [-0.2, 0) is 4.65 Å². The molecule has 1 N–H and O–H groups in total. The zero-order valence-corrected chi connectivity index (χ0v) is 2.88. The summed E-state index contributed by atoms with van der Waals surface area (Å²) < 4.78 is 4.15. The molecule has 0 unspecified atom stereocenters. The average Bonchev–Trinajstić information content (AvgIpc) is 1.41. The van der Waals surface area contributed by atoms with Crippen LogP contribution in [0.1, 0.15) is 0 Å². The molecule has 0 aromatic heterocycles. The Kier molecular flexibility index (Phi) is 3.09. The molecule has 0 heterocycles. The molecule has 0 fully saturated rings. The first-order chi connectivity index (χ1) is 2.41. The molecule has 0 aliphatic rings. The van der Waals surface area contributed by atoms with Gasteiger partial charge in [-0.05, 0) is 0 Å². The van der Waals surface area contributed by atoms with Crippen molar-refractivity contribution >= 4 is 7.27 Å². The molecule has 0 atom stereocenters. The van der Waals surface area contributed by atoms with E-state index < -0.39 is 0 Å². The predicted octanol–water partition coefficient (Wildman–Crippen LogP) is -0.175. The minimum atomic E-state index is 0.931. The van der Waals surface area contributed by atoms with Gasteiger partial charge < -0.3 is 0 Å². The van der Waals surface area contributed by atoms with E-state index >= 15 is 0 Å². The molecule has 0 aliphatic carbocycles. The molecule has 0 aromatic rings. The third-order valence-electron chi connectivity index (χ3n) is 0.153. The summed E-state index contributed by atoms with van der Waals surface area (Å²) in [6.45, 7) is 0. The fourth-order valence-electron chi connectivity index (χ4n) is 0.0471. The zero-order valence-electron chi connectivity index (χ0n) is 2.88. The number of nitrogens with zero attached hydrogens (tertiary/aromatic N) is 1. The Balaban J connectivity index is 2.62. The Morgan fingerprint density at radius 1 is 2.00 bits per heavy atom. The molecule has 0 rings (SSSR count). The van der Waals surface area contributed by atoms with Gasteiger partial charge in [0.25, 0.3) is 0 Å². The average molecular weight is 72.9 g/mol. The molecule has 0 aliphatic heterocycles. The van der Waals surface area contributed by atoms with Gasteiger partial charge in [0.15, 0.2) is 0 Å². The molecule has 0 bridgehead atoms. The normalized spacial score (nSPS) is 7.40. The van der Waals surface area contributed by atoms with E-state index in [2.05, 4.69) is 9.71 Å². The maximum atomic E-state index is 7.51. The summed E-state index contributed by atoms with van der Waals surface area (Å²) in [7, 11) is 2.33. The Bertz CT molecular complexity index is 36.6. The monoisotopic (exact) mass is 73.0 g/mol. The molecular formula is CH4BNO2. The van der Waals surface area contributed by atoms with E-state index in [1.165, 1.54) is 7.11 Å². The van der Waals surface area contributed by atoms with Gasteiger partial charge in [-0.15, -0.1) is 0 Å². The van der Waals surface area contributed by atoms with Crippen LogP contribution in [0.4, 0.5) is 0 Å². The zero-order chi connectivity index (χ0) is 4.12. The van der Waals surface area contributed by atoms with Crippen LogP contribution in [0, 0.1) is 0 Å². The molecule has 28 valence electrons. The van der Waals surface area contributed by atoms with Gasteiger partial charge in [-0.2, -0.15) is 0 Å². The number of rotatable bonds is 1. The van der Waals surface area contributed by atoms with Gasteiger partial charge in [0, 0.05) is 0 Å². The van der Waals surface area contributed by atoms with Gasteiger partial charge in [0.05, 0.1) is 0 Å². The predicted molar refractivity (Wildman–Crippen MR) is 17.0 cm³/mol. The first-order valence-corrected chi connectivity index (χ1v) is 1.10. The van der Waals surface area contributed by atoms with Crippen LogP contribution in [0.3, 0.4) is 0 Å². The van der Waals surface area contributed by atoms with Gasteiger partial charge in [0.1, 0.15) is 0 Å². The summed E-state index contributed by atoms with van der Waals surface area (Å²) in [5.74, 6) is 0. The van der Waals surface area contributed by atoms with Gasteiger partial charge in [0.2, 0.25) is 0 Å². The third kappa shape index (κ3) is 3.46. The van der Waals surface area contributed by atoms with Crippen molar-refractivity contribution in [3.8, 4) is 0 Å². The first kappa shape index (κ1) is 4.46. The second kappa shape index (κ2) is 3.46. The summed E-state index contributed by atoms with van der Waals surface area (Å²) in [6, 6.07) is 0. The molecule has 0 amide bonds. The molecule has 4 heteroatoms. The van der Waals surface area contributed by atoms with Crippen molar-refractivity contribution in [1.82, 2.24) is 0 Å². The third-order valence-corrected chi connectivity index (χ3v) is 0.153.